The van der Waals surface area contributed by atoms with Gasteiger partial charge in [0, 0.05) is 5.56 Å². The third kappa shape index (κ3) is 3.87. The molecule has 0 aliphatic carbocycles. The largest absolute Gasteiger partial charge is 0.493 e. The summed E-state index contributed by atoms with van der Waals surface area (Å²) in [5.41, 5.74) is 0.364. The van der Waals surface area contributed by atoms with Gasteiger partial charge in [-0.15, -0.1) is 0 Å². The molecule has 0 saturated heterocycles. The molecule has 20 heavy (non-hydrogen) atoms. The van der Waals surface area contributed by atoms with Crippen molar-refractivity contribution in [2.75, 3.05) is 13.7 Å². The topological polar surface area (TPSA) is 61.8 Å². The van der Waals surface area contributed by atoms with Crippen molar-refractivity contribution >= 4 is 23.9 Å². The molecule has 0 aliphatic rings. The Kier molecular flexibility index (Phi) is 6.31. The second kappa shape index (κ2) is 7.75. The van der Waals surface area contributed by atoms with Crippen LogP contribution < -0.4 is 9.47 Å². The van der Waals surface area contributed by atoms with Crippen molar-refractivity contribution in [1.82, 2.24) is 0 Å². The van der Waals surface area contributed by atoms with Crippen molar-refractivity contribution in [2.24, 2.45) is 0 Å². The molecule has 0 bridgehead atoms. The first kappa shape index (κ1) is 16.3. The standard InChI is InChI=1S/C14H17ClO5/c1-4-11(14(17)19-5-2)20-13-10(15)6-9(8-16)7-12(13)18-3/h6-8,11H,4-5H2,1-3H3. The lowest BCUT2D eigenvalue weighted by Crippen LogP contribution is -2.29. The van der Waals surface area contributed by atoms with Gasteiger partial charge in [-0.2, -0.15) is 0 Å². The summed E-state index contributed by atoms with van der Waals surface area (Å²) >= 11 is 6.06. The van der Waals surface area contributed by atoms with E-state index in [0.717, 1.165) is 0 Å². The number of ether oxygens (including phenoxy) is 3. The fraction of sp³-hybridized carbons (Fsp3) is 0.429. The van der Waals surface area contributed by atoms with Gasteiger partial charge in [0.2, 0.25) is 0 Å². The van der Waals surface area contributed by atoms with Gasteiger partial charge in [0.1, 0.15) is 6.29 Å². The van der Waals surface area contributed by atoms with Gasteiger partial charge in [0.05, 0.1) is 18.7 Å². The highest BCUT2D eigenvalue weighted by Crippen LogP contribution is 2.37. The molecule has 0 heterocycles. The Morgan fingerprint density at radius 3 is 2.60 bits per heavy atom. The minimum absolute atomic E-state index is 0.203. The second-order valence-electron chi connectivity index (χ2n) is 3.92. The van der Waals surface area contributed by atoms with Crippen molar-refractivity contribution in [3.05, 3.63) is 22.7 Å². The maximum atomic E-state index is 11.7. The van der Waals surface area contributed by atoms with Crippen LogP contribution in [0.2, 0.25) is 5.02 Å². The summed E-state index contributed by atoms with van der Waals surface area (Å²) in [4.78, 5) is 22.5. The van der Waals surface area contributed by atoms with E-state index in [0.29, 0.717) is 24.0 Å². The van der Waals surface area contributed by atoms with E-state index in [1.54, 1.807) is 13.8 Å². The summed E-state index contributed by atoms with van der Waals surface area (Å²) < 4.78 is 15.6. The van der Waals surface area contributed by atoms with Crippen LogP contribution in [0, 0.1) is 0 Å². The molecular weight excluding hydrogens is 284 g/mol. The lowest BCUT2D eigenvalue weighted by Gasteiger charge is -2.19. The molecule has 0 spiro atoms. The molecule has 0 fully saturated rings. The summed E-state index contributed by atoms with van der Waals surface area (Å²) in [6, 6.07) is 2.94. The third-order valence-corrected chi connectivity index (χ3v) is 2.85. The maximum Gasteiger partial charge on any atom is 0.347 e. The normalized spacial score (nSPS) is 11.6. The zero-order chi connectivity index (χ0) is 15.1. The Labute approximate surface area is 122 Å². The number of carbonyl (C=O) groups is 2. The van der Waals surface area contributed by atoms with Gasteiger partial charge < -0.3 is 14.2 Å². The molecule has 1 unspecified atom stereocenters. The minimum atomic E-state index is -0.775. The number of carbonyl (C=O) groups excluding carboxylic acids is 2. The molecular formula is C14H17ClO5. The molecule has 5 nitrogen and oxygen atoms in total. The summed E-state index contributed by atoms with van der Waals surface area (Å²) in [6.45, 7) is 3.78. The van der Waals surface area contributed by atoms with Gasteiger partial charge in [0.25, 0.3) is 0 Å². The molecule has 0 saturated carbocycles. The van der Waals surface area contributed by atoms with E-state index in [9.17, 15) is 9.59 Å². The number of rotatable bonds is 7. The fourth-order valence-corrected chi connectivity index (χ4v) is 1.86. The Morgan fingerprint density at radius 2 is 2.10 bits per heavy atom. The second-order valence-corrected chi connectivity index (χ2v) is 4.33. The molecule has 6 heteroatoms. The average molecular weight is 301 g/mol. The zero-order valence-electron chi connectivity index (χ0n) is 11.6. The average Bonchev–Trinajstić information content (AvgIpc) is 2.45. The number of hydrogen-bond donors (Lipinski definition) is 0. The Balaban J connectivity index is 3.06. The van der Waals surface area contributed by atoms with Gasteiger partial charge in [0.15, 0.2) is 17.6 Å². The van der Waals surface area contributed by atoms with Crippen LogP contribution in [0.4, 0.5) is 0 Å². The van der Waals surface area contributed by atoms with Gasteiger partial charge in [-0.1, -0.05) is 18.5 Å². The molecule has 0 N–H and O–H groups in total. The van der Waals surface area contributed by atoms with E-state index in [2.05, 4.69) is 0 Å². The fourth-order valence-electron chi connectivity index (χ4n) is 1.60. The first-order valence-electron chi connectivity index (χ1n) is 6.23. The van der Waals surface area contributed by atoms with Crippen LogP contribution in [0.25, 0.3) is 0 Å². The van der Waals surface area contributed by atoms with Crippen molar-refractivity contribution in [3.8, 4) is 11.5 Å². The van der Waals surface area contributed by atoms with Crippen molar-refractivity contribution < 1.29 is 23.8 Å². The molecule has 1 aromatic rings. The third-order valence-electron chi connectivity index (χ3n) is 2.57. The van der Waals surface area contributed by atoms with Crippen molar-refractivity contribution in [1.29, 1.82) is 0 Å². The number of hydrogen-bond acceptors (Lipinski definition) is 5. The lowest BCUT2D eigenvalue weighted by molar-refractivity contribution is -0.151. The highest BCUT2D eigenvalue weighted by molar-refractivity contribution is 6.32. The Morgan fingerprint density at radius 1 is 1.40 bits per heavy atom. The van der Waals surface area contributed by atoms with Crippen LogP contribution in [-0.2, 0) is 9.53 Å². The maximum absolute atomic E-state index is 11.7. The molecule has 1 rings (SSSR count). The van der Waals surface area contributed by atoms with Crippen LogP contribution in [0.3, 0.4) is 0 Å². The van der Waals surface area contributed by atoms with E-state index in [4.69, 9.17) is 25.8 Å². The number of halogens is 1. The van der Waals surface area contributed by atoms with E-state index >= 15 is 0 Å². The smallest absolute Gasteiger partial charge is 0.347 e. The van der Waals surface area contributed by atoms with Gasteiger partial charge in [-0.3, -0.25) is 4.79 Å². The van der Waals surface area contributed by atoms with Crippen LogP contribution in [0.15, 0.2) is 12.1 Å². The van der Waals surface area contributed by atoms with Crippen molar-refractivity contribution in [3.63, 3.8) is 0 Å². The zero-order valence-corrected chi connectivity index (χ0v) is 12.4. The highest BCUT2D eigenvalue weighted by atomic mass is 35.5. The van der Waals surface area contributed by atoms with Gasteiger partial charge >= 0.3 is 5.97 Å². The SMILES string of the molecule is CCOC(=O)C(CC)Oc1c(Cl)cc(C=O)cc1OC. The monoisotopic (exact) mass is 300 g/mol. The summed E-state index contributed by atoms with van der Waals surface area (Å²) in [7, 11) is 1.43. The van der Waals surface area contributed by atoms with E-state index < -0.39 is 12.1 Å². The predicted molar refractivity (Wildman–Crippen MR) is 74.7 cm³/mol. The summed E-state index contributed by atoms with van der Waals surface area (Å²) in [6.07, 6.45) is 0.303. The van der Waals surface area contributed by atoms with Crippen molar-refractivity contribution in [2.45, 2.75) is 26.4 Å². The number of benzene rings is 1. The molecule has 0 amide bonds. The van der Waals surface area contributed by atoms with Crippen LogP contribution >= 0.6 is 11.6 Å². The van der Waals surface area contributed by atoms with E-state index in [1.165, 1.54) is 19.2 Å². The first-order chi connectivity index (χ1) is 9.57. The number of esters is 1. The molecule has 0 aromatic heterocycles. The Hall–Kier alpha value is -1.75. The quantitative estimate of drug-likeness (QED) is 0.572. The molecule has 1 aromatic carbocycles. The Bertz CT molecular complexity index is 487. The summed E-state index contributed by atoms with van der Waals surface area (Å²) in [5.74, 6) is 0.0506. The number of methoxy groups -OCH3 is 1. The van der Waals surface area contributed by atoms with Crippen LogP contribution in [0.5, 0.6) is 11.5 Å². The molecule has 0 aliphatic heterocycles. The summed E-state index contributed by atoms with van der Waals surface area (Å²) in [5, 5.41) is 0.203. The van der Waals surface area contributed by atoms with Gasteiger partial charge in [-0.25, -0.2) is 4.79 Å². The molecule has 0 radical (unpaired) electrons. The minimum Gasteiger partial charge on any atom is -0.493 e. The highest BCUT2D eigenvalue weighted by Gasteiger charge is 2.23. The first-order valence-corrected chi connectivity index (χ1v) is 6.61. The predicted octanol–water partition coefficient (Wildman–Crippen LogP) is 2.88. The van der Waals surface area contributed by atoms with Gasteiger partial charge in [-0.05, 0) is 25.5 Å². The van der Waals surface area contributed by atoms with Crippen LogP contribution in [-0.4, -0.2) is 32.1 Å². The van der Waals surface area contributed by atoms with Crippen LogP contribution in [0.1, 0.15) is 30.6 Å². The molecule has 1 atom stereocenters. The molecule has 110 valence electrons. The van der Waals surface area contributed by atoms with E-state index in [1.807, 2.05) is 0 Å². The lowest BCUT2D eigenvalue weighted by atomic mass is 10.2. The van der Waals surface area contributed by atoms with E-state index in [-0.39, 0.29) is 17.4 Å². The number of aldehydes is 1.